The number of carbonyl (C=O) groups is 2. The van der Waals surface area contributed by atoms with Crippen molar-refractivity contribution >= 4 is 23.6 Å². The summed E-state index contributed by atoms with van der Waals surface area (Å²) in [5.41, 5.74) is 1.66. The lowest BCUT2D eigenvalue weighted by molar-refractivity contribution is -0.113. The van der Waals surface area contributed by atoms with Crippen LogP contribution < -0.4 is 24.8 Å². The predicted octanol–water partition coefficient (Wildman–Crippen LogP) is 3.83. The van der Waals surface area contributed by atoms with Crippen molar-refractivity contribution < 1.29 is 23.8 Å². The molecule has 0 saturated carbocycles. The summed E-state index contributed by atoms with van der Waals surface area (Å²) < 4.78 is 16.0. The van der Waals surface area contributed by atoms with Crippen molar-refractivity contribution in [3.8, 4) is 17.2 Å². The highest BCUT2D eigenvalue weighted by atomic mass is 16.7. The maximum atomic E-state index is 13.0. The van der Waals surface area contributed by atoms with Crippen LogP contribution in [0.25, 0.3) is 6.08 Å². The fourth-order valence-corrected chi connectivity index (χ4v) is 3.07. The number of hydrogen-bond acceptors (Lipinski definition) is 5. The van der Waals surface area contributed by atoms with Crippen molar-refractivity contribution in [3.63, 3.8) is 0 Å². The first-order valence-corrected chi connectivity index (χ1v) is 9.56. The maximum absolute atomic E-state index is 13.0. The topological polar surface area (TPSA) is 85.9 Å². The summed E-state index contributed by atoms with van der Waals surface area (Å²) in [6, 6.07) is 21.1. The minimum atomic E-state index is -0.466. The number of amides is 2. The Balaban J connectivity index is 1.65. The van der Waals surface area contributed by atoms with Crippen molar-refractivity contribution in [2.75, 3.05) is 19.2 Å². The fourth-order valence-electron chi connectivity index (χ4n) is 3.07. The Morgan fingerprint density at radius 1 is 0.935 bits per heavy atom. The molecule has 156 valence electrons. The van der Waals surface area contributed by atoms with E-state index in [0.29, 0.717) is 34.1 Å². The summed E-state index contributed by atoms with van der Waals surface area (Å²) in [4.78, 5) is 25.9. The molecule has 7 heteroatoms. The van der Waals surface area contributed by atoms with Gasteiger partial charge < -0.3 is 24.8 Å². The molecule has 3 aromatic rings. The van der Waals surface area contributed by atoms with E-state index in [0.717, 1.165) is 0 Å². The van der Waals surface area contributed by atoms with Crippen LogP contribution in [-0.2, 0) is 4.79 Å². The Bertz CT molecular complexity index is 1140. The third-order valence-corrected chi connectivity index (χ3v) is 4.58. The second kappa shape index (κ2) is 9.04. The first kappa shape index (κ1) is 20.0. The smallest absolute Gasteiger partial charge is 0.272 e. The van der Waals surface area contributed by atoms with Crippen molar-refractivity contribution in [2.24, 2.45) is 0 Å². The summed E-state index contributed by atoms with van der Waals surface area (Å²) in [6.45, 7) is 0.147. The van der Waals surface area contributed by atoms with Crippen molar-refractivity contribution in [3.05, 3.63) is 89.6 Å². The van der Waals surface area contributed by atoms with E-state index in [9.17, 15) is 9.59 Å². The van der Waals surface area contributed by atoms with Crippen LogP contribution in [0.5, 0.6) is 17.2 Å². The quantitative estimate of drug-likeness (QED) is 0.597. The van der Waals surface area contributed by atoms with Gasteiger partial charge in [0.1, 0.15) is 11.4 Å². The van der Waals surface area contributed by atoms with Crippen LogP contribution in [0.3, 0.4) is 0 Å². The summed E-state index contributed by atoms with van der Waals surface area (Å²) in [5.74, 6) is 0.684. The third kappa shape index (κ3) is 4.67. The zero-order valence-electron chi connectivity index (χ0n) is 16.8. The zero-order chi connectivity index (χ0) is 21.6. The van der Waals surface area contributed by atoms with Gasteiger partial charge in [-0.3, -0.25) is 9.59 Å². The molecular weight excluding hydrogens is 396 g/mol. The molecule has 4 rings (SSSR count). The molecule has 0 fully saturated rings. The van der Waals surface area contributed by atoms with E-state index in [-0.39, 0.29) is 12.5 Å². The third-order valence-electron chi connectivity index (χ3n) is 4.58. The Morgan fingerprint density at radius 2 is 1.68 bits per heavy atom. The van der Waals surface area contributed by atoms with Crippen LogP contribution in [0.15, 0.2) is 78.5 Å². The molecule has 0 aliphatic carbocycles. The molecule has 0 unspecified atom stereocenters. The van der Waals surface area contributed by atoms with Gasteiger partial charge in [0.2, 0.25) is 6.79 Å². The van der Waals surface area contributed by atoms with Gasteiger partial charge in [-0.15, -0.1) is 0 Å². The number of nitrogens with one attached hydrogen (secondary N) is 2. The molecule has 0 bridgehead atoms. The molecule has 0 atom stereocenters. The van der Waals surface area contributed by atoms with Crippen molar-refractivity contribution in [1.82, 2.24) is 5.32 Å². The SMILES string of the molecule is COc1ccccc1C(=O)NC(=Cc1ccc2c(c1)OCO2)C(=O)Nc1ccccc1. The van der Waals surface area contributed by atoms with Crippen LogP contribution in [0.4, 0.5) is 5.69 Å². The minimum absolute atomic E-state index is 0.0682. The highest BCUT2D eigenvalue weighted by Crippen LogP contribution is 2.33. The van der Waals surface area contributed by atoms with E-state index in [1.165, 1.54) is 7.11 Å². The predicted molar refractivity (Wildman–Crippen MR) is 116 cm³/mol. The lowest BCUT2D eigenvalue weighted by Crippen LogP contribution is -2.31. The number of methoxy groups -OCH3 is 1. The number of benzene rings is 3. The normalized spacial score (nSPS) is 12.2. The van der Waals surface area contributed by atoms with E-state index in [1.807, 2.05) is 18.2 Å². The van der Waals surface area contributed by atoms with Crippen molar-refractivity contribution in [2.45, 2.75) is 0 Å². The van der Waals surface area contributed by atoms with E-state index >= 15 is 0 Å². The van der Waals surface area contributed by atoms with Gasteiger partial charge in [-0.05, 0) is 48.0 Å². The highest BCUT2D eigenvalue weighted by molar-refractivity contribution is 6.11. The zero-order valence-corrected chi connectivity index (χ0v) is 16.8. The summed E-state index contributed by atoms with van der Waals surface area (Å²) in [6.07, 6.45) is 1.58. The molecule has 0 saturated heterocycles. The van der Waals surface area contributed by atoms with Gasteiger partial charge in [0.05, 0.1) is 12.7 Å². The van der Waals surface area contributed by atoms with Crippen LogP contribution in [-0.4, -0.2) is 25.7 Å². The number of fused-ring (bicyclic) bond motifs is 1. The molecule has 1 aliphatic rings. The minimum Gasteiger partial charge on any atom is -0.496 e. The monoisotopic (exact) mass is 416 g/mol. The molecule has 3 aromatic carbocycles. The lowest BCUT2D eigenvalue weighted by atomic mass is 10.1. The van der Waals surface area contributed by atoms with Crippen LogP contribution in [0.2, 0.25) is 0 Å². The van der Waals surface area contributed by atoms with E-state index in [4.69, 9.17) is 14.2 Å². The molecule has 1 heterocycles. The maximum Gasteiger partial charge on any atom is 0.272 e. The Hall–Kier alpha value is -4.26. The highest BCUT2D eigenvalue weighted by Gasteiger charge is 2.19. The van der Waals surface area contributed by atoms with E-state index in [2.05, 4.69) is 10.6 Å². The Morgan fingerprint density at radius 3 is 2.48 bits per heavy atom. The van der Waals surface area contributed by atoms with Crippen LogP contribution >= 0.6 is 0 Å². The van der Waals surface area contributed by atoms with Crippen LogP contribution in [0, 0.1) is 0 Å². The summed E-state index contributed by atoms with van der Waals surface area (Å²) >= 11 is 0. The van der Waals surface area contributed by atoms with E-state index < -0.39 is 11.8 Å². The summed E-state index contributed by atoms with van der Waals surface area (Å²) in [5, 5.41) is 5.49. The number of ether oxygens (including phenoxy) is 3. The number of rotatable bonds is 6. The molecule has 0 spiro atoms. The fraction of sp³-hybridized carbons (Fsp3) is 0.0833. The average Bonchev–Trinajstić information content (AvgIpc) is 3.27. The van der Waals surface area contributed by atoms with Gasteiger partial charge in [-0.25, -0.2) is 0 Å². The Labute approximate surface area is 179 Å². The number of carbonyl (C=O) groups excluding carboxylic acids is 2. The second-order valence-corrected chi connectivity index (χ2v) is 6.65. The average molecular weight is 416 g/mol. The van der Waals surface area contributed by atoms with Gasteiger partial charge in [-0.1, -0.05) is 36.4 Å². The molecular formula is C24H20N2O5. The second-order valence-electron chi connectivity index (χ2n) is 6.65. The molecule has 31 heavy (non-hydrogen) atoms. The first-order valence-electron chi connectivity index (χ1n) is 9.56. The van der Waals surface area contributed by atoms with Gasteiger partial charge in [0.15, 0.2) is 11.5 Å². The molecule has 1 aliphatic heterocycles. The molecule has 2 N–H and O–H groups in total. The van der Waals surface area contributed by atoms with Gasteiger partial charge in [0, 0.05) is 5.69 Å². The lowest BCUT2D eigenvalue weighted by Gasteiger charge is -2.13. The van der Waals surface area contributed by atoms with Gasteiger partial charge in [-0.2, -0.15) is 0 Å². The van der Waals surface area contributed by atoms with Gasteiger partial charge in [0.25, 0.3) is 11.8 Å². The number of anilines is 1. The summed E-state index contributed by atoms with van der Waals surface area (Å²) in [7, 11) is 1.48. The standard InChI is InChI=1S/C24H20N2O5/c1-29-20-10-6-5-9-18(20)23(27)26-19(24(28)25-17-7-3-2-4-8-17)13-16-11-12-21-22(14-16)31-15-30-21/h2-14H,15H2,1H3,(H,25,28)(H,26,27). The number of para-hydroxylation sites is 2. The van der Waals surface area contributed by atoms with Gasteiger partial charge >= 0.3 is 0 Å². The van der Waals surface area contributed by atoms with Crippen molar-refractivity contribution in [1.29, 1.82) is 0 Å². The van der Waals surface area contributed by atoms with Crippen LogP contribution in [0.1, 0.15) is 15.9 Å². The molecule has 0 radical (unpaired) electrons. The molecule has 7 nitrogen and oxygen atoms in total. The Kier molecular flexibility index (Phi) is 5.84. The first-order chi connectivity index (χ1) is 15.1. The molecule has 0 aromatic heterocycles. The number of hydrogen-bond donors (Lipinski definition) is 2. The van der Waals surface area contributed by atoms with E-state index in [1.54, 1.807) is 60.7 Å². The largest absolute Gasteiger partial charge is 0.496 e. The molecule has 2 amide bonds.